The van der Waals surface area contributed by atoms with Gasteiger partial charge in [0.2, 0.25) is 0 Å². The van der Waals surface area contributed by atoms with Crippen molar-refractivity contribution in [3.8, 4) is 0 Å². The standard InChI is InChI=1S/C12H9BrClFN2O2S/c13-9-3-2-8(6-11(9)15)20(18,19)17-7-1-4-12(16)10(14)5-7/h1-6,17H,16H2. The van der Waals surface area contributed by atoms with Gasteiger partial charge in [-0.05, 0) is 52.3 Å². The summed E-state index contributed by atoms with van der Waals surface area (Å²) in [7, 11) is -3.89. The molecule has 2 aromatic rings. The van der Waals surface area contributed by atoms with Gasteiger partial charge in [0.25, 0.3) is 10.0 Å². The molecule has 2 rings (SSSR count). The van der Waals surface area contributed by atoms with E-state index in [1.165, 1.54) is 30.3 Å². The Morgan fingerprint density at radius 1 is 1.20 bits per heavy atom. The Labute approximate surface area is 128 Å². The molecule has 0 aliphatic carbocycles. The summed E-state index contributed by atoms with van der Waals surface area (Å²) in [6.07, 6.45) is 0. The molecule has 3 N–H and O–H groups in total. The van der Waals surface area contributed by atoms with Crippen LogP contribution in [-0.4, -0.2) is 8.42 Å². The lowest BCUT2D eigenvalue weighted by Crippen LogP contribution is -2.13. The molecule has 0 atom stereocenters. The van der Waals surface area contributed by atoms with Crippen molar-refractivity contribution in [1.29, 1.82) is 0 Å². The number of benzene rings is 2. The lowest BCUT2D eigenvalue weighted by atomic mass is 10.3. The average molecular weight is 380 g/mol. The van der Waals surface area contributed by atoms with Crippen LogP contribution in [0.15, 0.2) is 45.8 Å². The maximum absolute atomic E-state index is 13.4. The summed E-state index contributed by atoms with van der Waals surface area (Å²) >= 11 is 8.77. The average Bonchev–Trinajstić information content (AvgIpc) is 2.37. The van der Waals surface area contributed by atoms with Gasteiger partial charge in [-0.2, -0.15) is 0 Å². The summed E-state index contributed by atoms with van der Waals surface area (Å²) in [4.78, 5) is -0.189. The normalized spacial score (nSPS) is 11.3. The Balaban J connectivity index is 2.35. The van der Waals surface area contributed by atoms with Crippen LogP contribution in [0.1, 0.15) is 0 Å². The largest absolute Gasteiger partial charge is 0.398 e. The van der Waals surface area contributed by atoms with Gasteiger partial charge in [0, 0.05) is 0 Å². The molecule has 0 aliphatic heterocycles. The fourth-order valence-electron chi connectivity index (χ4n) is 1.45. The van der Waals surface area contributed by atoms with Crippen LogP contribution in [0, 0.1) is 5.82 Å². The van der Waals surface area contributed by atoms with Crippen LogP contribution >= 0.6 is 27.5 Å². The molecule has 0 saturated heterocycles. The zero-order valence-electron chi connectivity index (χ0n) is 9.90. The molecule has 4 nitrogen and oxygen atoms in total. The van der Waals surface area contributed by atoms with Crippen LogP contribution in [-0.2, 0) is 10.0 Å². The van der Waals surface area contributed by atoms with Gasteiger partial charge in [-0.25, -0.2) is 12.8 Å². The molecule has 0 aromatic heterocycles. The number of rotatable bonds is 3. The second-order valence-corrected chi connectivity index (χ2v) is 6.86. The fraction of sp³-hybridized carbons (Fsp3) is 0. The van der Waals surface area contributed by atoms with Gasteiger partial charge in [-0.3, -0.25) is 4.72 Å². The molecule has 106 valence electrons. The van der Waals surface area contributed by atoms with E-state index in [1.807, 2.05) is 0 Å². The molecule has 0 unspecified atom stereocenters. The first-order chi connectivity index (χ1) is 9.29. The zero-order valence-corrected chi connectivity index (χ0v) is 13.1. The van der Waals surface area contributed by atoms with Crippen LogP contribution in [0.4, 0.5) is 15.8 Å². The molecule has 0 heterocycles. The minimum Gasteiger partial charge on any atom is -0.398 e. The van der Waals surface area contributed by atoms with Gasteiger partial charge in [-0.15, -0.1) is 0 Å². The second-order valence-electron chi connectivity index (χ2n) is 3.92. The highest BCUT2D eigenvalue weighted by molar-refractivity contribution is 9.10. The summed E-state index contributed by atoms with van der Waals surface area (Å²) in [5.74, 6) is -0.664. The molecule has 8 heteroatoms. The Kier molecular flexibility index (Phi) is 4.22. The van der Waals surface area contributed by atoms with Crippen LogP contribution in [0.3, 0.4) is 0 Å². The van der Waals surface area contributed by atoms with E-state index in [4.69, 9.17) is 17.3 Å². The van der Waals surface area contributed by atoms with Crippen LogP contribution < -0.4 is 10.5 Å². The van der Waals surface area contributed by atoms with Crippen molar-refractivity contribution in [2.75, 3.05) is 10.5 Å². The number of sulfonamides is 1. The molecule has 0 amide bonds. The van der Waals surface area contributed by atoms with Gasteiger partial charge in [0.1, 0.15) is 5.82 Å². The van der Waals surface area contributed by atoms with Crippen molar-refractivity contribution in [2.45, 2.75) is 4.90 Å². The second kappa shape index (κ2) is 5.59. The van der Waals surface area contributed by atoms with Crippen molar-refractivity contribution in [3.05, 3.63) is 51.7 Å². The summed E-state index contributed by atoms with van der Waals surface area (Å²) in [5, 5.41) is 0.229. The van der Waals surface area contributed by atoms with Crippen molar-refractivity contribution < 1.29 is 12.8 Å². The van der Waals surface area contributed by atoms with E-state index in [0.29, 0.717) is 5.69 Å². The summed E-state index contributed by atoms with van der Waals surface area (Å²) in [5.41, 5.74) is 6.12. The number of hydrogen-bond donors (Lipinski definition) is 2. The third-order valence-electron chi connectivity index (χ3n) is 2.45. The monoisotopic (exact) mass is 378 g/mol. The third kappa shape index (κ3) is 3.23. The molecular formula is C12H9BrClFN2O2S. The quantitative estimate of drug-likeness (QED) is 0.800. The minimum atomic E-state index is -3.89. The number of anilines is 2. The van der Waals surface area contributed by atoms with Crippen LogP contribution in [0.5, 0.6) is 0 Å². The van der Waals surface area contributed by atoms with Crippen molar-refractivity contribution >= 4 is 48.9 Å². The molecule has 0 aliphatic rings. The van der Waals surface area contributed by atoms with Gasteiger partial charge in [0.05, 0.1) is 25.8 Å². The van der Waals surface area contributed by atoms with E-state index >= 15 is 0 Å². The van der Waals surface area contributed by atoms with E-state index in [9.17, 15) is 12.8 Å². The highest BCUT2D eigenvalue weighted by Gasteiger charge is 2.16. The maximum Gasteiger partial charge on any atom is 0.261 e. The van der Waals surface area contributed by atoms with E-state index in [-0.39, 0.29) is 20.1 Å². The first-order valence-electron chi connectivity index (χ1n) is 5.32. The Bertz CT molecular complexity index is 768. The smallest absolute Gasteiger partial charge is 0.261 e. The van der Waals surface area contributed by atoms with Crippen LogP contribution in [0.2, 0.25) is 5.02 Å². The summed E-state index contributed by atoms with van der Waals surface area (Å²) in [6.45, 7) is 0. The van der Waals surface area contributed by atoms with Crippen LogP contribution in [0.25, 0.3) is 0 Å². The summed E-state index contributed by atoms with van der Waals surface area (Å²) < 4.78 is 40.1. The number of nitrogens with one attached hydrogen (secondary N) is 1. The van der Waals surface area contributed by atoms with Gasteiger partial charge < -0.3 is 5.73 Å². The molecule has 0 radical (unpaired) electrons. The fourth-order valence-corrected chi connectivity index (χ4v) is 2.94. The highest BCUT2D eigenvalue weighted by atomic mass is 79.9. The lowest BCUT2D eigenvalue weighted by Gasteiger charge is -2.09. The topological polar surface area (TPSA) is 72.2 Å². The molecule has 20 heavy (non-hydrogen) atoms. The van der Waals surface area contributed by atoms with Crippen molar-refractivity contribution in [2.24, 2.45) is 0 Å². The predicted molar refractivity (Wildman–Crippen MR) is 80.8 cm³/mol. The molecular weight excluding hydrogens is 371 g/mol. The third-order valence-corrected chi connectivity index (χ3v) is 4.80. The molecule has 0 fully saturated rings. The minimum absolute atomic E-state index is 0.187. The number of nitrogens with two attached hydrogens (primary N) is 1. The SMILES string of the molecule is Nc1ccc(NS(=O)(=O)c2ccc(Br)c(F)c2)cc1Cl. The van der Waals surface area contributed by atoms with E-state index in [1.54, 1.807) is 0 Å². The summed E-state index contributed by atoms with van der Waals surface area (Å²) in [6, 6.07) is 7.85. The molecule has 0 spiro atoms. The van der Waals surface area contributed by atoms with Gasteiger partial charge in [-0.1, -0.05) is 11.6 Å². The maximum atomic E-state index is 13.4. The predicted octanol–water partition coefficient (Wildman–Crippen LogP) is 3.62. The lowest BCUT2D eigenvalue weighted by molar-refractivity contribution is 0.593. The number of halogens is 3. The highest BCUT2D eigenvalue weighted by Crippen LogP contribution is 2.25. The Hall–Kier alpha value is -1.31. The van der Waals surface area contributed by atoms with Gasteiger partial charge >= 0.3 is 0 Å². The Morgan fingerprint density at radius 2 is 1.90 bits per heavy atom. The van der Waals surface area contributed by atoms with E-state index in [2.05, 4.69) is 20.7 Å². The molecule has 0 saturated carbocycles. The first kappa shape index (κ1) is 15.1. The first-order valence-corrected chi connectivity index (χ1v) is 7.98. The zero-order chi connectivity index (χ0) is 14.9. The van der Waals surface area contributed by atoms with E-state index in [0.717, 1.165) is 6.07 Å². The van der Waals surface area contributed by atoms with Crippen molar-refractivity contribution in [1.82, 2.24) is 0 Å². The van der Waals surface area contributed by atoms with Gasteiger partial charge in [0.15, 0.2) is 0 Å². The molecule has 2 aromatic carbocycles. The number of nitrogen functional groups attached to an aromatic ring is 1. The van der Waals surface area contributed by atoms with Crippen molar-refractivity contribution in [3.63, 3.8) is 0 Å². The Morgan fingerprint density at radius 3 is 2.50 bits per heavy atom. The number of hydrogen-bond acceptors (Lipinski definition) is 3. The molecule has 0 bridgehead atoms. The van der Waals surface area contributed by atoms with E-state index < -0.39 is 15.8 Å².